The molecule has 0 N–H and O–H groups in total. The van der Waals surface area contributed by atoms with Crippen LogP contribution in [0.1, 0.15) is 5.56 Å². The van der Waals surface area contributed by atoms with Crippen LogP contribution in [0.15, 0.2) is 140 Å². The first-order chi connectivity index (χ1) is 19.3. The van der Waals surface area contributed by atoms with Gasteiger partial charge in [0.05, 0.1) is 0 Å². The lowest BCUT2D eigenvalue weighted by atomic mass is 9.84. The Labute approximate surface area is 227 Å². The van der Waals surface area contributed by atoms with E-state index in [1.54, 1.807) is 0 Å². The second kappa shape index (κ2) is 8.55. The molecule has 8 rings (SSSR count). The summed E-state index contributed by atoms with van der Waals surface area (Å²) in [4.78, 5) is 0. The first-order valence-corrected chi connectivity index (χ1v) is 13.6. The predicted molar refractivity (Wildman–Crippen MR) is 170 cm³/mol. The minimum atomic E-state index is 1.25. The molecule has 0 aliphatic rings. The number of aryl methyl sites for hydroxylation is 1. The Hall–Kier alpha value is -4.94. The molecule has 8 aromatic carbocycles. The van der Waals surface area contributed by atoms with Crippen molar-refractivity contribution in [3.8, 4) is 22.3 Å². The molecule has 0 heteroatoms. The highest BCUT2D eigenvalue weighted by atomic mass is 14.2. The van der Waals surface area contributed by atoms with Gasteiger partial charge in [-0.05, 0) is 94.7 Å². The number of fused-ring (bicyclic) bond motifs is 6. The third-order valence-corrected chi connectivity index (χ3v) is 8.44. The van der Waals surface area contributed by atoms with Gasteiger partial charge in [0, 0.05) is 0 Å². The highest BCUT2D eigenvalue weighted by molar-refractivity contribution is 6.25. The van der Waals surface area contributed by atoms with Gasteiger partial charge in [-0.2, -0.15) is 0 Å². The van der Waals surface area contributed by atoms with E-state index in [0.717, 1.165) is 0 Å². The molecule has 0 saturated carbocycles. The maximum Gasteiger partial charge on any atom is -0.00201 e. The lowest BCUT2D eigenvalue weighted by molar-refractivity contribution is 1.59. The zero-order chi connectivity index (χ0) is 25.9. The van der Waals surface area contributed by atoms with E-state index in [0.29, 0.717) is 0 Å². The molecule has 0 amide bonds. The van der Waals surface area contributed by atoms with Crippen molar-refractivity contribution in [2.45, 2.75) is 6.92 Å². The monoisotopic (exact) mass is 494 g/mol. The first kappa shape index (κ1) is 22.1. The number of hydrogen-bond acceptors (Lipinski definition) is 0. The fraction of sp³-hybridized carbons (Fsp3) is 0.0256. The summed E-state index contributed by atoms with van der Waals surface area (Å²) >= 11 is 0. The molecule has 0 bridgehead atoms. The topological polar surface area (TPSA) is 0 Å². The molecular formula is C39H26. The summed E-state index contributed by atoms with van der Waals surface area (Å²) in [6.45, 7) is 2.25. The fourth-order valence-electron chi connectivity index (χ4n) is 6.68. The Balaban J connectivity index is 1.53. The highest BCUT2D eigenvalue weighted by Crippen LogP contribution is 2.46. The Morgan fingerprint density at radius 2 is 0.872 bits per heavy atom. The average Bonchev–Trinajstić information content (AvgIpc) is 3.00. The van der Waals surface area contributed by atoms with Gasteiger partial charge in [0.25, 0.3) is 0 Å². The predicted octanol–water partition coefficient (Wildman–Crippen LogP) is 11.1. The molecule has 0 atom stereocenters. The van der Waals surface area contributed by atoms with Crippen LogP contribution >= 0.6 is 0 Å². The van der Waals surface area contributed by atoms with Gasteiger partial charge in [-0.3, -0.25) is 0 Å². The SMILES string of the molecule is Cc1c2ccccc2cc2c1ccc1c(-c3c4ccccc4c(-c4ccccc4)c4ccccc34)cccc12. The Morgan fingerprint density at radius 1 is 0.333 bits per heavy atom. The molecule has 0 aliphatic heterocycles. The van der Waals surface area contributed by atoms with E-state index in [1.807, 2.05) is 0 Å². The van der Waals surface area contributed by atoms with E-state index in [9.17, 15) is 0 Å². The summed E-state index contributed by atoms with van der Waals surface area (Å²) in [6.07, 6.45) is 0. The van der Waals surface area contributed by atoms with E-state index in [4.69, 9.17) is 0 Å². The van der Waals surface area contributed by atoms with Crippen molar-refractivity contribution in [2.24, 2.45) is 0 Å². The molecule has 0 radical (unpaired) electrons. The van der Waals surface area contributed by atoms with Crippen LogP contribution < -0.4 is 0 Å². The third kappa shape index (κ3) is 3.25. The van der Waals surface area contributed by atoms with Crippen LogP contribution in [0.3, 0.4) is 0 Å². The van der Waals surface area contributed by atoms with E-state index >= 15 is 0 Å². The average molecular weight is 495 g/mol. The lowest BCUT2D eigenvalue weighted by Gasteiger charge is -2.19. The summed E-state index contributed by atoms with van der Waals surface area (Å²) in [5, 5.41) is 13.0. The third-order valence-electron chi connectivity index (χ3n) is 8.44. The zero-order valence-corrected chi connectivity index (χ0v) is 21.8. The molecule has 0 nitrogen and oxygen atoms in total. The van der Waals surface area contributed by atoms with Gasteiger partial charge in [0.1, 0.15) is 0 Å². The van der Waals surface area contributed by atoms with Crippen molar-refractivity contribution < 1.29 is 0 Å². The maximum absolute atomic E-state index is 2.37. The standard InChI is InChI=1S/C39H26/c1-25-28-15-6-5-14-27(28)24-37-29(25)22-23-31-30(37)20-11-21-32(31)39-35-18-9-7-16-33(35)38(26-12-3-2-4-13-26)34-17-8-10-19-36(34)39/h2-24H,1H3. The summed E-state index contributed by atoms with van der Waals surface area (Å²) in [7, 11) is 0. The van der Waals surface area contributed by atoms with Crippen molar-refractivity contribution in [1.82, 2.24) is 0 Å². The fourth-order valence-corrected chi connectivity index (χ4v) is 6.68. The quantitative estimate of drug-likeness (QED) is 0.166. The van der Waals surface area contributed by atoms with Crippen LogP contribution in [0.25, 0.3) is 76.1 Å². The van der Waals surface area contributed by atoms with Gasteiger partial charge in [0.2, 0.25) is 0 Å². The van der Waals surface area contributed by atoms with Gasteiger partial charge >= 0.3 is 0 Å². The van der Waals surface area contributed by atoms with E-state index in [1.165, 1.54) is 81.7 Å². The maximum atomic E-state index is 2.37. The van der Waals surface area contributed by atoms with Gasteiger partial charge in [-0.15, -0.1) is 0 Å². The van der Waals surface area contributed by atoms with Crippen LogP contribution in [0, 0.1) is 6.92 Å². The minimum absolute atomic E-state index is 1.25. The largest absolute Gasteiger partial charge is 0.0622 e. The van der Waals surface area contributed by atoms with Crippen molar-refractivity contribution in [3.05, 3.63) is 145 Å². The van der Waals surface area contributed by atoms with Gasteiger partial charge < -0.3 is 0 Å². The Kier molecular flexibility index (Phi) is 4.84. The Morgan fingerprint density at radius 3 is 1.56 bits per heavy atom. The first-order valence-electron chi connectivity index (χ1n) is 13.6. The van der Waals surface area contributed by atoms with Crippen molar-refractivity contribution in [3.63, 3.8) is 0 Å². The summed E-state index contributed by atoms with van der Waals surface area (Å²) < 4.78 is 0. The van der Waals surface area contributed by atoms with Crippen LogP contribution in [-0.4, -0.2) is 0 Å². The van der Waals surface area contributed by atoms with E-state index in [-0.39, 0.29) is 0 Å². The van der Waals surface area contributed by atoms with E-state index in [2.05, 4.69) is 146 Å². The smallest absolute Gasteiger partial charge is 0.00201 e. The van der Waals surface area contributed by atoms with Crippen molar-refractivity contribution in [1.29, 1.82) is 0 Å². The van der Waals surface area contributed by atoms with Gasteiger partial charge in [0.15, 0.2) is 0 Å². The molecule has 39 heavy (non-hydrogen) atoms. The van der Waals surface area contributed by atoms with Crippen LogP contribution in [-0.2, 0) is 0 Å². The van der Waals surface area contributed by atoms with Crippen LogP contribution in [0.5, 0.6) is 0 Å². The lowest BCUT2D eigenvalue weighted by Crippen LogP contribution is -1.92. The van der Waals surface area contributed by atoms with Crippen molar-refractivity contribution in [2.75, 3.05) is 0 Å². The normalized spacial score (nSPS) is 11.7. The van der Waals surface area contributed by atoms with Crippen molar-refractivity contribution >= 4 is 53.9 Å². The molecule has 8 aromatic rings. The van der Waals surface area contributed by atoms with Gasteiger partial charge in [-0.1, -0.05) is 133 Å². The molecule has 0 heterocycles. The second-order valence-electron chi connectivity index (χ2n) is 10.5. The van der Waals surface area contributed by atoms with Gasteiger partial charge in [-0.25, -0.2) is 0 Å². The highest BCUT2D eigenvalue weighted by Gasteiger charge is 2.18. The summed E-state index contributed by atoms with van der Waals surface area (Å²) in [5.41, 5.74) is 6.50. The molecule has 0 fully saturated rings. The second-order valence-corrected chi connectivity index (χ2v) is 10.5. The molecule has 182 valence electrons. The molecule has 0 aromatic heterocycles. The molecule has 0 aliphatic carbocycles. The molecule has 0 spiro atoms. The van der Waals surface area contributed by atoms with E-state index < -0.39 is 0 Å². The summed E-state index contributed by atoms with van der Waals surface area (Å²) in [5.74, 6) is 0. The molecular weight excluding hydrogens is 468 g/mol. The molecule has 0 unspecified atom stereocenters. The zero-order valence-electron chi connectivity index (χ0n) is 21.8. The van der Waals surface area contributed by atoms with Crippen LogP contribution in [0.2, 0.25) is 0 Å². The number of benzene rings is 8. The van der Waals surface area contributed by atoms with Crippen LogP contribution in [0.4, 0.5) is 0 Å². The number of rotatable bonds is 2. The minimum Gasteiger partial charge on any atom is -0.0622 e. The summed E-state index contributed by atoms with van der Waals surface area (Å²) in [6, 6.07) is 51.2. The molecule has 0 saturated heterocycles. The Bertz CT molecular complexity index is 2160. The number of hydrogen-bond donors (Lipinski definition) is 0.